The summed E-state index contributed by atoms with van der Waals surface area (Å²) >= 11 is 0. The molecule has 6 heteroatoms. The van der Waals surface area contributed by atoms with Crippen molar-refractivity contribution in [1.82, 2.24) is 20.2 Å². The molecule has 1 unspecified atom stereocenters. The van der Waals surface area contributed by atoms with Crippen LogP contribution < -0.4 is 5.32 Å². The third kappa shape index (κ3) is 5.06. The molecule has 0 aromatic carbocycles. The highest BCUT2D eigenvalue weighted by atomic mass is 16.3. The second-order valence-corrected chi connectivity index (χ2v) is 5.45. The van der Waals surface area contributed by atoms with Crippen LogP contribution in [0, 0.1) is 0 Å². The number of aryl methyl sites for hydroxylation is 1. The Bertz CT molecular complexity index is 449. The van der Waals surface area contributed by atoms with Crippen LogP contribution in [0.3, 0.4) is 0 Å². The Balaban J connectivity index is 1.66. The zero-order chi connectivity index (χ0) is 15.1. The van der Waals surface area contributed by atoms with Gasteiger partial charge in [-0.1, -0.05) is 6.92 Å². The monoisotopic (exact) mass is 292 g/mol. The zero-order valence-corrected chi connectivity index (χ0v) is 12.6. The third-order valence-electron chi connectivity index (χ3n) is 3.70. The van der Waals surface area contributed by atoms with E-state index < -0.39 is 0 Å². The molecule has 1 aromatic rings. The van der Waals surface area contributed by atoms with E-state index in [0.29, 0.717) is 12.1 Å². The maximum absolute atomic E-state index is 11.9. The molecule has 0 spiro atoms. The van der Waals surface area contributed by atoms with E-state index in [1.165, 1.54) is 0 Å². The molecule has 1 aromatic heterocycles. The number of hydrogen-bond donors (Lipinski definition) is 2. The Morgan fingerprint density at radius 3 is 2.90 bits per heavy atom. The smallest absolute Gasteiger partial charge is 0.254 e. The molecule has 0 radical (unpaired) electrons. The molecular weight excluding hydrogens is 268 g/mol. The molecule has 2 N–H and O–H groups in total. The number of aliphatic hydroxyl groups excluding tert-OH is 1. The van der Waals surface area contributed by atoms with Gasteiger partial charge in [0.05, 0.1) is 11.7 Å². The lowest BCUT2D eigenvalue weighted by molar-refractivity contribution is 0.0697. The predicted octanol–water partition coefficient (Wildman–Crippen LogP) is 0.616. The Labute approximate surface area is 125 Å². The number of aliphatic hydroxyl groups is 1. The Morgan fingerprint density at radius 2 is 2.24 bits per heavy atom. The molecule has 1 fully saturated rings. The van der Waals surface area contributed by atoms with E-state index in [2.05, 4.69) is 20.2 Å². The van der Waals surface area contributed by atoms with Gasteiger partial charge in [-0.15, -0.1) is 0 Å². The minimum atomic E-state index is -0.192. The van der Waals surface area contributed by atoms with Gasteiger partial charge < -0.3 is 15.3 Å². The van der Waals surface area contributed by atoms with Crippen LogP contribution >= 0.6 is 0 Å². The summed E-state index contributed by atoms with van der Waals surface area (Å²) in [6.45, 7) is 5.30. The van der Waals surface area contributed by atoms with Gasteiger partial charge in [-0.25, -0.2) is 9.97 Å². The van der Waals surface area contributed by atoms with Gasteiger partial charge in [-0.2, -0.15) is 0 Å². The number of likely N-dealkylation sites (tertiary alicyclic amines) is 1. The number of nitrogens with zero attached hydrogens (tertiary/aromatic N) is 3. The summed E-state index contributed by atoms with van der Waals surface area (Å²) in [5.41, 5.74) is 0.501. The van der Waals surface area contributed by atoms with Crippen molar-refractivity contribution in [3.05, 3.63) is 23.8 Å². The maximum atomic E-state index is 11.9. The van der Waals surface area contributed by atoms with Gasteiger partial charge in [0.1, 0.15) is 5.82 Å². The van der Waals surface area contributed by atoms with Crippen LogP contribution in [0.25, 0.3) is 0 Å². The molecule has 2 heterocycles. The number of carbonyl (C=O) groups excluding carboxylic acids is 1. The van der Waals surface area contributed by atoms with Crippen molar-refractivity contribution in [3.8, 4) is 0 Å². The molecule has 21 heavy (non-hydrogen) atoms. The fourth-order valence-electron chi connectivity index (χ4n) is 2.50. The van der Waals surface area contributed by atoms with Crippen LogP contribution in [0.1, 0.15) is 42.4 Å². The number of carbonyl (C=O) groups is 1. The maximum Gasteiger partial charge on any atom is 0.254 e. The topological polar surface area (TPSA) is 78.4 Å². The SMILES string of the molecule is CCc1ncc(C(=O)NCCCN2CCCC(O)C2)cn1. The average Bonchev–Trinajstić information content (AvgIpc) is 2.51. The van der Waals surface area contributed by atoms with Gasteiger partial charge in [-0.3, -0.25) is 4.79 Å². The summed E-state index contributed by atoms with van der Waals surface area (Å²) in [4.78, 5) is 22.4. The predicted molar refractivity (Wildman–Crippen MR) is 80.0 cm³/mol. The van der Waals surface area contributed by atoms with Crippen molar-refractivity contribution < 1.29 is 9.90 Å². The first-order valence-corrected chi connectivity index (χ1v) is 7.68. The quantitative estimate of drug-likeness (QED) is 0.751. The summed E-state index contributed by atoms with van der Waals surface area (Å²) in [6, 6.07) is 0. The van der Waals surface area contributed by atoms with Crippen molar-refractivity contribution in [2.24, 2.45) is 0 Å². The van der Waals surface area contributed by atoms with Crippen molar-refractivity contribution in [2.45, 2.75) is 38.7 Å². The molecule has 6 nitrogen and oxygen atoms in total. The van der Waals surface area contributed by atoms with E-state index in [9.17, 15) is 9.90 Å². The first-order valence-electron chi connectivity index (χ1n) is 7.68. The van der Waals surface area contributed by atoms with E-state index in [-0.39, 0.29) is 12.0 Å². The van der Waals surface area contributed by atoms with Crippen LogP contribution in [0.2, 0.25) is 0 Å². The summed E-state index contributed by atoms with van der Waals surface area (Å²) in [5.74, 6) is 0.617. The Morgan fingerprint density at radius 1 is 1.48 bits per heavy atom. The number of nitrogens with one attached hydrogen (secondary N) is 1. The number of aromatic nitrogens is 2. The fourth-order valence-corrected chi connectivity index (χ4v) is 2.50. The molecule has 1 saturated heterocycles. The summed E-state index contributed by atoms with van der Waals surface area (Å²) in [7, 11) is 0. The van der Waals surface area contributed by atoms with Gasteiger partial charge in [-0.05, 0) is 32.4 Å². The summed E-state index contributed by atoms with van der Waals surface area (Å²) in [6.07, 6.45) is 6.55. The molecule has 1 amide bonds. The molecular formula is C15H24N4O2. The van der Waals surface area contributed by atoms with Crippen LogP contribution in [0.5, 0.6) is 0 Å². The number of rotatable bonds is 6. The average molecular weight is 292 g/mol. The fraction of sp³-hybridized carbons (Fsp3) is 0.667. The second-order valence-electron chi connectivity index (χ2n) is 5.45. The highest BCUT2D eigenvalue weighted by Crippen LogP contribution is 2.09. The lowest BCUT2D eigenvalue weighted by Crippen LogP contribution is -2.39. The molecule has 1 atom stereocenters. The van der Waals surface area contributed by atoms with Crippen molar-refractivity contribution in [2.75, 3.05) is 26.2 Å². The van der Waals surface area contributed by atoms with E-state index >= 15 is 0 Å². The van der Waals surface area contributed by atoms with Crippen LogP contribution in [-0.4, -0.2) is 58.2 Å². The van der Waals surface area contributed by atoms with Gasteiger partial charge in [0.2, 0.25) is 0 Å². The van der Waals surface area contributed by atoms with E-state index in [4.69, 9.17) is 0 Å². The minimum absolute atomic E-state index is 0.128. The first kappa shape index (κ1) is 15.9. The molecule has 2 rings (SSSR count). The van der Waals surface area contributed by atoms with Crippen molar-refractivity contribution in [3.63, 3.8) is 0 Å². The van der Waals surface area contributed by atoms with Gasteiger partial charge in [0.25, 0.3) is 5.91 Å². The van der Waals surface area contributed by atoms with Crippen LogP contribution in [-0.2, 0) is 6.42 Å². The highest BCUT2D eigenvalue weighted by Gasteiger charge is 2.16. The van der Waals surface area contributed by atoms with E-state index in [1.807, 2.05) is 6.92 Å². The Kier molecular flexibility index (Phi) is 6.07. The zero-order valence-electron chi connectivity index (χ0n) is 12.6. The molecule has 0 aliphatic carbocycles. The molecule has 1 aliphatic heterocycles. The summed E-state index contributed by atoms with van der Waals surface area (Å²) in [5, 5.41) is 12.5. The normalized spacial score (nSPS) is 19.4. The van der Waals surface area contributed by atoms with Crippen molar-refractivity contribution in [1.29, 1.82) is 0 Å². The second kappa shape index (κ2) is 8.05. The van der Waals surface area contributed by atoms with Gasteiger partial charge in [0.15, 0.2) is 0 Å². The number of amides is 1. The van der Waals surface area contributed by atoms with Crippen molar-refractivity contribution >= 4 is 5.91 Å². The molecule has 0 bridgehead atoms. The molecule has 0 saturated carbocycles. The molecule has 1 aliphatic rings. The van der Waals surface area contributed by atoms with Crippen LogP contribution in [0.4, 0.5) is 0 Å². The summed E-state index contributed by atoms with van der Waals surface area (Å²) < 4.78 is 0. The van der Waals surface area contributed by atoms with E-state index in [0.717, 1.165) is 51.1 Å². The largest absolute Gasteiger partial charge is 0.392 e. The van der Waals surface area contributed by atoms with Gasteiger partial charge >= 0.3 is 0 Å². The standard InChI is InChI=1S/C15H24N4O2/c1-2-14-17-9-12(10-18-14)15(21)16-6-4-8-19-7-3-5-13(20)11-19/h9-10,13,20H,2-8,11H2,1H3,(H,16,21). The Hall–Kier alpha value is -1.53. The lowest BCUT2D eigenvalue weighted by atomic mass is 10.1. The third-order valence-corrected chi connectivity index (χ3v) is 3.70. The lowest BCUT2D eigenvalue weighted by Gasteiger charge is -2.29. The van der Waals surface area contributed by atoms with Gasteiger partial charge in [0, 0.05) is 31.9 Å². The number of hydrogen-bond acceptors (Lipinski definition) is 5. The molecule has 116 valence electrons. The first-order chi connectivity index (χ1) is 10.2. The van der Waals surface area contributed by atoms with Crippen LogP contribution in [0.15, 0.2) is 12.4 Å². The number of β-amino-alcohol motifs (C(OH)–C–C–N with tert-alkyl or cyclic N) is 1. The number of piperidine rings is 1. The minimum Gasteiger partial charge on any atom is -0.392 e. The highest BCUT2D eigenvalue weighted by molar-refractivity contribution is 5.93. The van der Waals surface area contributed by atoms with E-state index in [1.54, 1.807) is 12.4 Å².